The van der Waals surface area contributed by atoms with Crippen LogP contribution in [0, 0.1) is 11.2 Å². The van der Waals surface area contributed by atoms with Gasteiger partial charge in [-0.3, -0.25) is 4.79 Å². The van der Waals surface area contributed by atoms with Gasteiger partial charge in [0.25, 0.3) is 0 Å². The van der Waals surface area contributed by atoms with E-state index >= 15 is 0 Å². The third kappa shape index (κ3) is 4.91. The molecule has 0 saturated carbocycles. The van der Waals surface area contributed by atoms with Crippen LogP contribution in [-0.4, -0.2) is 29.9 Å². The molecule has 0 amide bonds. The first-order valence-corrected chi connectivity index (χ1v) is 9.41. The SMILES string of the molecule is CC(C)(C)OC(=O)C(C)(C)Cc1ccc(F)c(B2OC(C)(C)C(C)(C)O2)c1. The van der Waals surface area contributed by atoms with Crippen molar-refractivity contribution in [1.29, 1.82) is 0 Å². The van der Waals surface area contributed by atoms with Gasteiger partial charge in [0, 0.05) is 5.46 Å². The van der Waals surface area contributed by atoms with Gasteiger partial charge in [-0.15, -0.1) is 0 Å². The Hall–Kier alpha value is -1.40. The summed E-state index contributed by atoms with van der Waals surface area (Å²) in [5, 5.41) is 0. The Kier molecular flexibility index (Phi) is 5.59. The van der Waals surface area contributed by atoms with Crippen LogP contribution in [0.5, 0.6) is 0 Å². The summed E-state index contributed by atoms with van der Waals surface area (Å²) in [4.78, 5) is 12.5. The third-order valence-corrected chi connectivity index (χ3v) is 5.17. The van der Waals surface area contributed by atoms with Crippen molar-refractivity contribution in [3.8, 4) is 0 Å². The van der Waals surface area contributed by atoms with Crippen molar-refractivity contribution in [2.45, 2.75) is 85.5 Å². The summed E-state index contributed by atoms with van der Waals surface area (Å²) in [6, 6.07) is 4.82. The average Bonchev–Trinajstić information content (AvgIpc) is 2.67. The summed E-state index contributed by atoms with van der Waals surface area (Å²) in [5.74, 6) is -0.663. The highest BCUT2D eigenvalue weighted by atomic mass is 19.1. The number of hydrogen-bond donors (Lipinski definition) is 0. The summed E-state index contributed by atoms with van der Waals surface area (Å²) < 4.78 is 32.0. The van der Waals surface area contributed by atoms with E-state index < -0.39 is 29.3 Å². The first kappa shape index (κ1) is 21.9. The monoisotopic (exact) mass is 378 g/mol. The van der Waals surface area contributed by atoms with Crippen molar-refractivity contribution in [3.05, 3.63) is 29.6 Å². The van der Waals surface area contributed by atoms with Crippen molar-refractivity contribution in [1.82, 2.24) is 0 Å². The minimum atomic E-state index is -0.778. The van der Waals surface area contributed by atoms with Crippen LogP contribution in [0.15, 0.2) is 18.2 Å². The lowest BCUT2D eigenvalue weighted by molar-refractivity contribution is -0.165. The number of rotatable bonds is 4. The van der Waals surface area contributed by atoms with Crippen LogP contribution < -0.4 is 5.46 Å². The van der Waals surface area contributed by atoms with Gasteiger partial charge in [0.2, 0.25) is 0 Å². The minimum Gasteiger partial charge on any atom is -0.460 e. The second-order valence-electron chi connectivity index (χ2n) is 10.0. The molecule has 2 rings (SSSR count). The normalized spacial score (nSPS) is 19.3. The molecular formula is C21H32BFO4. The zero-order valence-electron chi connectivity index (χ0n) is 18.0. The van der Waals surface area contributed by atoms with Crippen LogP contribution in [0.1, 0.15) is 67.9 Å². The summed E-state index contributed by atoms with van der Waals surface area (Å²) >= 11 is 0. The van der Waals surface area contributed by atoms with E-state index in [0.29, 0.717) is 11.9 Å². The maximum Gasteiger partial charge on any atom is 0.497 e. The fourth-order valence-electron chi connectivity index (χ4n) is 2.85. The molecule has 0 radical (unpaired) electrons. The van der Waals surface area contributed by atoms with Crippen molar-refractivity contribution in [2.24, 2.45) is 5.41 Å². The van der Waals surface area contributed by atoms with E-state index in [-0.39, 0.29) is 11.8 Å². The number of ether oxygens (including phenoxy) is 1. The van der Waals surface area contributed by atoms with Crippen LogP contribution in [0.3, 0.4) is 0 Å². The standard InChI is InChI=1S/C21H32BFO4/c1-18(2,3)25-17(24)19(4,5)13-14-10-11-16(23)15(12-14)22-26-20(6,7)21(8,9)27-22/h10-12H,13H2,1-9H3. The van der Waals surface area contributed by atoms with E-state index in [4.69, 9.17) is 14.0 Å². The fourth-order valence-corrected chi connectivity index (χ4v) is 2.85. The third-order valence-electron chi connectivity index (χ3n) is 5.17. The second kappa shape index (κ2) is 6.89. The van der Waals surface area contributed by atoms with Gasteiger partial charge in [-0.1, -0.05) is 12.1 Å². The maximum atomic E-state index is 14.5. The van der Waals surface area contributed by atoms with Gasteiger partial charge in [0.1, 0.15) is 11.4 Å². The molecular weight excluding hydrogens is 346 g/mol. The smallest absolute Gasteiger partial charge is 0.460 e. The van der Waals surface area contributed by atoms with Crippen molar-refractivity contribution in [2.75, 3.05) is 0 Å². The van der Waals surface area contributed by atoms with Gasteiger partial charge in [-0.05, 0) is 80.4 Å². The van der Waals surface area contributed by atoms with Crippen molar-refractivity contribution >= 4 is 18.6 Å². The van der Waals surface area contributed by atoms with E-state index in [1.54, 1.807) is 12.1 Å². The van der Waals surface area contributed by atoms with Gasteiger partial charge < -0.3 is 14.0 Å². The molecule has 27 heavy (non-hydrogen) atoms. The number of halogens is 1. The Bertz CT molecular complexity index is 703. The minimum absolute atomic E-state index is 0.281. The second-order valence-corrected chi connectivity index (χ2v) is 10.0. The molecule has 1 aliphatic rings. The molecule has 0 bridgehead atoms. The molecule has 0 atom stereocenters. The summed E-state index contributed by atoms with van der Waals surface area (Å²) in [6.45, 7) is 16.9. The topological polar surface area (TPSA) is 44.8 Å². The molecule has 0 spiro atoms. The summed E-state index contributed by atoms with van der Waals surface area (Å²) in [6.07, 6.45) is 0.425. The van der Waals surface area contributed by atoms with E-state index in [1.165, 1.54) is 6.07 Å². The zero-order chi connectivity index (χ0) is 20.8. The summed E-state index contributed by atoms with van der Waals surface area (Å²) in [5.41, 5.74) is -1.20. The van der Waals surface area contributed by atoms with Gasteiger partial charge >= 0.3 is 13.1 Å². The number of hydrogen-bond acceptors (Lipinski definition) is 4. The highest BCUT2D eigenvalue weighted by molar-refractivity contribution is 6.62. The van der Waals surface area contributed by atoms with Gasteiger partial charge in [-0.25, -0.2) is 4.39 Å². The molecule has 0 unspecified atom stereocenters. The number of carbonyl (C=O) groups is 1. The first-order chi connectivity index (χ1) is 12.0. The molecule has 1 fully saturated rings. The van der Waals surface area contributed by atoms with Gasteiger partial charge in [0.05, 0.1) is 16.6 Å². The Morgan fingerprint density at radius 1 is 1.07 bits per heavy atom. The number of carbonyl (C=O) groups excluding carboxylic acids is 1. The lowest BCUT2D eigenvalue weighted by Crippen LogP contribution is -2.41. The Morgan fingerprint density at radius 3 is 2.07 bits per heavy atom. The number of esters is 1. The molecule has 1 heterocycles. The maximum absolute atomic E-state index is 14.5. The molecule has 4 nitrogen and oxygen atoms in total. The molecule has 0 aliphatic carbocycles. The van der Waals surface area contributed by atoms with Crippen molar-refractivity contribution in [3.63, 3.8) is 0 Å². The van der Waals surface area contributed by atoms with Gasteiger partial charge in [0.15, 0.2) is 0 Å². The Balaban J connectivity index is 2.24. The molecule has 0 aromatic heterocycles. The molecule has 0 N–H and O–H groups in total. The summed E-state index contributed by atoms with van der Waals surface area (Å²) in [7, 11) is -0.778. The Labute approximate surface area is 162 Å². The predicted octanol–water partition coefficient (Wildman–Crippen LogP) is 4.04. The predicted molar refractivity (Wildman–Crippen MR) is 105 cm³/mol. The average molecular weight is 378 g/mol. The lowest BCUT2D eigenvalue weighted by Gasteiger charge is -2.32. The van der Waals surface area contributed by atoms with E-state index in [1.807, 2.05) is 62.3 Å². The quantitative estimate of drug-likeness (QED) is 0.586. The highest BCUT2D eigenvalue weighted by Gasteiger charge is 2.52. The molecule has 150 valence electrons. The highest BCUT2D eigenvalue weighted by Crippen LogP contribution is 2.37. The first-order valence-electron chi connectivity index (χ1n) is 9.41. The van der Waals surface area contributed by atoms with Crippen LogP contribution in [0.25, 0.3) is 0 Å². The zero-order valence-corrected chi connectivity index (χ0v) is 18.0. The van der Waals surface area contributed by atoms with Crippen LogP contribution in [-0.2, 0) is 25.3 Å². The molecule has 1 aromatic carbocycles. The molecule has 6 heteroatoms. The van der Waals surface area contributed by atoms with E-state index in [2.05, 4.69) is 0 Å². The molecule has 1 saturated heterocycles. The largest absolute Gasteiger partial charge is 0.497 e. The Morgan fingerprint density at radius 2 is 1.59 bits per heavy atom. The lowest BCUT2D eigenvalue weighted by atomic mass is 9.76. The number of benzene rings is 1. The fraction of sp³-hybridized carbons (Fsp3) is 0.667. The van der Waals surface area contributed by atoms with Crippen LogP contribution in [0.4, 0.5) is 4.39 Å². The molecule has 1 aromatic rings. The van der Waals surface area contributed by atoms with Crippen LogP contribution in [0.2, 0.25) is 0 Å². The van der Waals surface area contributed by atoms with Crippen LogP contribution >= 0.6 is 0 Å². The van der Waals surface area contributed by atoms with Gasteiger partial charge in [-0.2, -0.15) is 0 Å². The molecule has 1 aliphatic heterocycles. The van der Waals surface area contributed by atoms with Crippen molar-refractivity contribution < 1.29 is 23.2 Å². The van der Waals surface area contributed by atoms with E-state index in [0.717, 1.165) is 5.56 Å². The van der Waals surface area contributed by atoms with E-state index in [9.17, 15) is 9.18 Å².